The molecule has 0 aliphatic carbocycles. The molecule has 0 unspecified atom stereocenters. The molecule has 0 saturated carbocycles. The molecule has 3 nitrogen and oxygen atoms in total. The summed E-state index contributed by atoms with van der Waals surface area (Å²) in [5.74, 6) is -0.128. The Morgan fingerprint density at radius 3 is 2.46 bits per heavy atom. The van der Waals surface area contributed by atoms with Gasteiger partial charge in [0.1, 0.15) is 0 Å². The average molecular weight is 178 g/mol. The molecule has 68 valence electrons. The van der Waals surface area contributed by atoms with Crippen molar-refractivity contribution >= 4 is 8.05 Å². The highest BCUT2D eigenvalue weighted by Crippen LogP contribution is 2.28. The van der Waals surface area contributed by atoms with Crippen molar-refractivity contribution in [2.24, 2.45) is 0 Å². The summed E-state index contributed by atoms with van der Waals surface area (Å²) in [4.78, 5) is 0. The van der Waals surface area contributed by atoms with Gasteiger partial charge in [-0.3, -0.25) is 0 Å². The minimum absolute atomic E-state index is 0.0487. The van der Waals surface area contributed by atoms with Gasteiger partial charge in [0.05, 0.1) is 0 Å². The predicted molar refractivity (Wildman–Crippen MR) is 51.6 cm³/mol. The number of phenols is 2. The lowest BCUT2D eigenvalue weighted by Crippen LogP contribution is -1.81. The molecule has 1 rings (SSSR count). The van der Waals surface area contributed by atoms with Crippen LogP contribution in [0, 0.1) is 0 Å². The highest BCUT2D eigenvalue weighted by Gasteiger charge is 2.02. The van der Waals surface area contributed by atoms with Crippen LogP contribution in [0.1, 0.15) is 5.56 Å². The van der Waals surface area contributed by atoms with E-state index < -0.39 is 0 Å². The molecule has 0 aliphatic heterocycles. The molecule has 4 heteroatoms. The van der Waals surface area contributed by atoms with E-state index in [0.29, 0.717) is 12.0 Å². The van der Waals surface area contributed by atoms with E-state index in [0.717, 1.165) is 0 Å². The van der Waals surface area contributed by atoms with Crippen molar-refractivity contribution in [3.05, 3.63) is 36.4 Å². The Labute approximate surface area is 78.4 Å². The average Bonchev–Trinajstić information content (AvgIpc) is 2.17. The van der Waals surface area contributed by atoms with E-state index in [2.05, 4.69) is 14.6 Å². The molecule has 2 radical (unpaired) electrons. The van der Waals surface area contributed by atoms with Crippen molar-refractivity contribution in [1.82, 2.24) is 0 Å². The van der Waals surface area contributed by atoms with Gasteiger partial charge in [-0.05, 0) is 12.5 Å². The monoisotopic (exact) mass is 178 g/mol. The van der Waals surface area contributed by atoms with Crippen molar-refractivity contribution in [2.45, 2.75) is 6.42 Å². The maximum absolute atomic E-state index is 9.23. The molecule has 0 saturated heterocycles. The number of hydrogen-bond donors (Lipinski definition) is 3. The molecule has 1 aromatic carbocycles. The Hall–Kier alpha value is -1.42. The number of benzene rings is 1. The topological polar surface area (TPSA) is 60.7 Å². The van der Waals surface area contributed by atoms with E-state index in [1.165, 1.54) is 6.07 Å². The maximum Gasteiger partial charge on any atom is 0.277 e. The Balaban J connectivity index is 0.000000671. The maximum atomic E-state index is 9.23. The number of para-hydroxylation sites is 1. The molecule has 13 heavy (non-hydrogen) atoms. The third kappa shape index (κ3) is 3.21. The van der Waals surface area contributed by atoms with Crippen LogP contribution in [0.25, 0.3) is 0 Å². The SMILES string of the molecule is C=CCc1cccc(O)c1O.[B]O. The van der Waals surface area contributed by atoms with Gasteiger partial charge in [0.25, 0.3) is 8.05 Å². The van der Waals surface area contributed by atoms with Gasteiger partial charge >= 0.3 is 0 Å². The molecular formula is C9H11BO3. The van der Waals surface area contributed by atoms with Crippen molar-refractivity contribution < 1.29 is 15.2 Å². The summed E-state index contributed by atoms with van der Waals surface area (Å²) in [7, 11) is 3.50. The second-order valence-electron chi connectivity index (χ2n) is 2.28. The number of rotatable bonds is 2. The Morgan fingerprint density at radius 2 is 1.92 bits per heavy atom. The second kappa shape index (κ2) is 6.14. The number of hydrogen-bond acceptors (Lipinski definition) is 3. The van der Waals surface area contributed by atoms with E-state index in [1.54, 1.807) is 18.2 Å². The van der Waals surface area contributed by atoms with Gasteiger partial charge in [0, 0.05) is 5.56 Å². The molecule has 0 amide bonds. The second-order valence-corrected chi connectivity index (χ2v) is 2.28. The number of allylic oxidation sites excluding steroid dienone is 1. The first-order chi connectivity index (χ1) is 6.25. The van der Waals surface area contributed by atoms with Gasteiger partial charge in [-0.2, -0.15) is 0 Å². The Morgan fingerprint density at radius 1 is 1.31 bits per heavy atom. The van der Waals surface area contributed by atoms with E-state index in [4.69, 9.17) is 10.1 Å². The first-order valence-electron chi connectivity index (χ1n) is 3.62. The van der Waals surface area contributed by atoms with Crippen molar-refractivity contribution in [3.63, 3.8) is 0 Å². The zero-order chi connectivity index (χ0) is 10.3. The quantitative estimate of drug-likeness (QED) is 0.358. The lowest BCUT2D eigenvalue weighted by Gasteiger charge is -2.01. The zero-order valence-corrected chi connectivity index (χ0v) is 7.14. The largest absolute Gasteiger partial charge is 0.504 e. The minimum atomic E-state index is -0.0793. The summed E-state index contributed by atoms with van der Waals surface area (Å²) in [6.07, 6.45) is 2.24. The standard InChI is InChI=1S/C9H10O2.BHO/c1-2-4-7-5-3-6-8(10)9(7)11;1-2/h2-3,5-6,10-11H,1,4H2;2H. The van der Waals surface area contributed by atoms with Crippen molar-refractivity contribution in [2.75, 3.05) is 0 Å². The molecule has 0 atom stereocenters. The van der Waals surface area contributed by atoms with Crippen LogP contribution in [0.4, 0.5) is 0 Å². The van der Waals surface area contributed by atoms with Crippen LogP contribution >= 0.6 is 0 Å². The normalized spacial score (nSPS) is 8.38. The van der Waals surface area contributed by atoms with Gasteiger partial charge in [-0.15, -0.1) is 6.58 Å². The Bertz CT molecular complexity index is 274. The summed E-state index contributed by atoms with van der Waals surface area (Å²) in [5, 5.41) is 24.8. The van der Waals surface area contributed by atoms with Crippen LogP contribution < -0.4 is 0 Å². The summed E-state index contributed by atoms with van der Waals surface area (Å²) < 4.78 is 0. The summed E-state index contributed by atoms with van der Waals surface area (Å²) in [6, 6.07) is 4.88. The van der Waals surface area contributed by atoms with Gasteiger partial charge < -0.3 is 15.2 Å². The Kier molecular flexibility index (Phi) is 5.47. The van der Waals surface area contributed by atoms with Gasteiger partial charge in [0.2, 0.25) is 0 Å². The summed E-state index contributed by atoms with van der Waals surface area (Å²) in [6.45, 7) is 3.53. The number of aromatic hydroxyl groups is 2. The molecule has 1 aromatic rings. The molecule has 0 bridgehead atoms. The summed E-state index contributed by atoms with van der Waals surface area (Å²) in [5.41, 5.74) is 0.694. The van der Waals surface area contributed by atoms with E-state index in [-0.39, 0.29) is 11.5 Å². The van der Waals surface area contributed by atoms with E-state index >= 15 is 0 Å². The van der Waals surface area contributed by atoms with E-state index in [1.807, 2.05) is 0 Å². The van der Waals surface area contributed by atoms with E-state index in [9.17, 15) is 5.11 Å². The molecule has 0 aliphatic rings. The zero-order valence-electron chi connectivity index (χ0n) is 7.14. The lowest BCUT2D eigenvalue weighted by atomic mass is 10.1. The minimum Gasteiger partial charge on any atom is -0.504 e. The third-order valence-corrected chi connectivity index (χ3v) is 1.46. The third-order valence-electron chi connectivity index (χ3n) is 1.46. The lowest BCUT2D eigenvalue weighted by molar-refractivity contribution is 0.400. The first kappa shape index (κ1) is 11.6. The molecular weight excluding hydrogens is 167 g/mol. The molecule has 0 fully saturated rings. The van der Waals surface area contributed by atoms with Crippen molar-refractivity contribution in [3.8, 4) is 11.5 Å². The highest BCUT2D eigenvalue weighted by molar-refractivity contribution is 5.95. The highest BCUT2D eigenvalue weighted by atomic mass is 16.3. The fourth-order valence-corrected chi connectivity index (χ4v) is 0.898. The van der Waals surface area contributed by atoms with Crippen LogP contribution in [0.3, 0.4) is 0 Å². The van der Waals surface area contributed by atoms with Gasteiger partial charge in [-0.25, -0.2) is 0 Å². The predicted octanol–water partition coefficient (Wildman–Crippen LogP) is 0.888. The van der Waals surface area contributed by atoms with Gasteiger partial charge in [0.15, 0.2) is 11.5 Å². The van der Waals surface area contributed by atoms with Crippen LogP contribution in [0.5, 0.6) is 11.5 Å². The van der Waals surface area contributed by atoms with Crippen LogP contribution in [-0.4, -0.2) is 23.3 Å². The molecule has 0 aromatic heterocycles. The van der Waals surface area contributed by atoms with Crippen LogP contribution in [0.2, 0.25) is 0 Å². The molecule has 0 spiro atoms. The van der Waals surface area contributed by atoms with Gasteiger partial charge in [-0.1, -0.05) is 18.2 Å². The van der Waals surface area contributed by atoms with Crippen LogP contribution in [-0.2, 0) is 6.42 Å². The fraction of sp³-hybridized carbons (Fsp3) is 0.111. The van der Waals surface area contributed by atoms with Crippen molar-refractivity contribution in [1.29, 1.82) is 0 Å². The smallest absolute Gasteiger partial charge is 0.277 e. The summed E-state index contributed by atoms with van der Waals surface area (Å²) >= 11 is 0. The fourth-order valence-electron chi connectivity index (χ4n) is 0.898. The molecule has 3 N–H and O–H groups in total. The number of phenolic OH excluding ortho intramolecular Hbond substituents is 2. The molecule has 0 heterocycles. The van der Waals surface area contributed by atoms with Crippen LogP contribution in [0.15, 0.2) is 30.9 Å². The first-order valence-corrected chi connectivity index (χ1v) is 3.62.